The summed E-state index contributed by atoms with van der Waals surface area (Å²) in [5.74, 6) is 0.971. The Morgan fingerprint density at radius 3 is 2.90 bits per heavy atom. The van der Waals surface area contributed by atoms with Gasteiger partial charge in [0, 0.05) is 11.8 Å². The molecule has 102 valence electrons. The predicted molar refractivity (Wildman–Crippen MR) is 79.4 cm³/mol. The van der Waals surface area contributed by atoms with Crippen molar-refractivity contribution in [1.29, 1.82) is 0 Å². The first-order valence-corrected chi connectivity index (χ1v) is 7.59. The molecule has 7 heteroatoms. The number of aromatic nitrogens is 2. The third-order valence-corrected chi connectivity index (χ3v) is 4.57. The van der Waals surface area contributed by atoms with E-state index in [0.717, 1.165) is 15.4 Å². The molecule has 3 rings (SSSR count). The van der Waals surface area contributed by atoms with Crippen LogP contribution in [0.1, 0.15) is 20.4 Å². The van der Waals surface area contributed by atoms with Gasteiger partial charge in [-0.05, 0) is 24.4 Å². The quantitative estimate of drug-likeness (QED) is 0.800. The van der Waals surface area contributed by atoms with Crippen LogP contribution < -0.4 is 5.32 Å². The Morgan fingerprint density at radius 2 is 2.25 bits per heavy atom. The van der Waals surface area contributed by atoms with Crippen molar-refractivity contribution in [3.63, 3.8) is 0 Å². The number of carbonyl (C=O) groups excluding carboxylic acids is 1. The van der Waals surface area contributed by atoms with Crippen molar-refractivity contribution in [3.8, 4) is 10.7 Å². The molecule has 0 bridgehead atoms. The lowest BCUT2D eigenvalue weighted by atomic mass is 10.3. The molecule has 0 spiro atoms. The second kappa shape index (κ2) is 5.18. The zero-order chi connectivity index (χ0) is 14.1. The summed E-state index contributed by atoms with van der Waals surface area (Å²) >= 11 is 2.94. The van der Waals surface area contributed by atoms with Crippen molar-refractivity contribution in [2.24, 2.45) is 0 Å². The van der Waals surface area contributed by atoms with Gasteiger partial charge in [-0.3, -0.25) is 4.79 Å². The molecule has 5 nitrogen and oxygen atoms in total. The molecule has 1 N–H and O–H groups in total. The molecule has 0 radical (unpaired) electrons. The normalized spacial score (nSPS) is 10.7. The van der Waals surface area contributed by atoms with Gasteiger partial charge in [-0.1, -0.05) is 11.2 Å². The standard InChI is InChI=1S/C13H11N3O2S2/c1-7-9(15-13(17)10-4-3-5-19-10)6-11(20-7)12-14-8(2)18-16-12/h3-6H,1-2H3,(H,15,17). The smallest absolute Gasteiger partial charge is 0.265 e. The topological polar surface area (TPSA) is 68.0 Å². The average Bonchev–Trinajstić information content (AvgIpc) is 3.11. The Bertz CT molecular complexity index is 744. The molecule has 0 saturated carbocycles. The van der Waals surface area contributed by atoms with Gasteiger partial charge in [-0.2, -0.15) is 4.98 Å². The van der Waals surface area contributed by atoms with Crippen molar-refractivity contribution < 1.29 is 9.32 Å². The predicted octanol–water partition coefficient (Wildman–Crippen LogP) is 3.73. The number of hydrogen-bond donors (Lipinski definition) is 1. The molecule has 1 amide bonds. The Labute approximate surface area is 123 Å². The lowest BCUT2D eigenvalue weighted by molar-refractivity contribution is 0.103. The van der Waals surface area contributed by atoms with E-state index in [4.69, 9.17) is 4.52 Å². The first-order valence-electron chi connectivity index (χ1n) is 5.89. The van der Waals surface area contributed by atoms with E-state index in [-0.39, 0.29) is 5.91 Å². The maximum atomic E-state index is 12.0. The minimum absolute atomic E-state index is 0.100. The van der Waals surface area contributed by atoms with Crippen molar-refractivity contribution >= 4 is 34.3 Å². The molecule has 0 aromatic carbocycles. The summed E-state index contributed by atoms with van der Waals surface area (Å²) in [5, 5.41) is 8.67. The van der Waals surface area contributed by atoms with E-state index >= 15 is 0 Å². The molecule has 0 aliphatic heterocycles. The summed E-state index contributed by atoms with van der Waals surface area (Å²) in [5.41, 5.74) is 0.783. The maximum Gasteiger partial charge on any atom is 0.265 e. The van der Waals surface area contributed by atoms with Crippen LogP contribution in [0.3, 0.4) is 0 Å². The van der Waals surface area contributed by atoms with Gasteiger partial charge >= 0.3 is 0 Å². The Kier molecular flexibility index (Phi) is 3.37. The number of nitrogens with zero attached hydrogens (tertiary/aromatic N) is 2. The largest absolute Gasteiger partial charge is 0.339 e. The number of carbonyl (C=O) groups is 1. The van der Waals surface area contributed by atoms with E-state index < -0.39 is 0 Å². The molecule has 0 unspecified atom stereocenters. The second-order valence-corrected chi connectivity index (χ2v) is 6.35. The van der Waals surface area contributed by atoms with Gasteiger partial charge in [-0.25, -0.2) is 0 Å². The molecule has 0 aliphatic carbocycles. The van der Waals surface area contributed by atoms with Crippen LogP contribution in [0.25, 0.3) is 10.7 Å². The highest BCUT2D eigenvalue weighted by Crippen LogP contribution is 2.33. The number of rotatable bonds is 3. The Hall–Kier alpha value is -1.99. The highest BCUT2D eigenvalue weighted by molar-refractivity contribution is 7.16. The monoisotopic (exact) mass is 305 g/mol. The summed E-state index contributed by atoms with van der Waals surface area (Å²) in [6.45, 7) is 3.70. The summed E-state index contributed by atoms with van der Waals surface area (Å²) < 4.78 is 4.97. The highest BCUT2D eigenvalue weighted by atomic mass is 32.1. The van der Waals surface area contributed by atoms with E-state index in [1.807, 2.05) is 24.4 Å². The Morgan fingerprint density at radius 1 is 1.40 bits per heavy atom. The molecule has 20 heavy (non-hydrogen) atoms. The van der Waals surface area contributed by atoms with Crippen LogP contribution in [0.4, 0.5) is 5.69 Å². The first kappa shape index (κ1) is 13.0. The average molecular weight is 305 g/mol. The molecule has 3 heterocycles. The van der Waals surface area contributed by atoms with Crippen LogP contribution in [0.5, 0.6) is 0 Å². The van der Waals surface area contributed by atoms with E-state index in [9.17, 15) is 4.79 Å². The number of aryl methyl sites for hydroxylation is 2. The molecular weight excluding hydrogens is 294 g/mol. The summed E-state index contributed by atoms with van der Waals surface area (Å²) in [6, 6.07) is 5.52. The van der Waals surface area contributed by atoms with Crippen molar-refractivity contribution in [3.05, 3.63) is 39.2 Å². The number of nitrogens with one attached hydrogen (secondary N) is 1. The summed E-state index contributed by atoms with van der Waals surface area (Å²) in [4.78, 5) is 18.8. The van der Waals surface area contributed by atoms with Gasteiger partial charge in [-0.15, -0.1) is 22.7 Å². The molecular formula is C13H11N3O2S2. The van der Waals surface area contributed by atoms with Gasteiger partial charge in [0.25, 0.3) is 5.91 Å². The second-order valence-electron chi connectivity index (χ2n) is 4.15. The molecule has 0 atom stereocenters. The highest BCUT2D eigenvalue weighted by Gasteiger charge is 2.15. The zero-order valence-electron chi connectivity index (χ0n) is 10.8. The molecule has 3 aromatic heterocycles. The van der Waals surface area contributed by atoms with Crippen LogP contribution in [-0.4, -0.2) is 16.0 Å². The van der Waals surface area contributed by atoms with E-state index in [2.05, 4.69) is 15.5 Å². The molecule has 3 aromatic rings. The fourth-order valence-electron chi connectivity index (χ4n) is 1.71. The van der Waals surface area contributed by atoms with Gasteiger partial charge in [0.15, 0.2) is 0 Å². The maximum absolute atomic E-state index is 12.0. The fourth-order valence-corrected chi connectivity index (χ4v) is 3.23. The van der Waals surface area contributed by atoms with Gasteiger partial charge < -0.3 is 9.84 Å². The van der Waals surface area contributed by atoms with Crippen molar-refractivity contribution in [2.45, 2.75) is 13.8 Å². The van der Waals surface area contributed by atoms with Crippen LogP contribution >= 0.6 is 22.7 Å². The third kappa shape index (κ3) is 2.50. The zero-order valence-corrected chi connectivity index (χ0v) is 12.5. The van der Waals surface area contributed by atoms with Crippen molar-refractivity contribution in [1.82, 2.24) is 10.1 Å². The van der Waals surface area contributed by atoms with Crippen LogP contribution in [0.2, 0.25) is 0 Å². The van der Waals surface area contributed by atoms with Crippen molar-refractivity contribution in [2.75, 3.05) is 5.32 Å². The van der Waals surface area contributed by atoms with Gasteiger partial charge in [0.05, 0.1) is 15.4 Å². The van der Waals surface area contributed by atoms with Gasteiger partial charge in [0.2, 0.25) is 11.7 Å². The van der Waals surface area contributed by atoms with E-state index in [1.165, 1.54) is 22.7 Å². The van der Waals surface area contributed by atoms with E-state index in [1.54, 1.807) is 13.0 Å². The molecule has 0 aliphatic rings. The SMILES string of the molecule is Cc1nc(-c2cc(NC(=O)c3cccs3)c(C)s2)no1. The third-order valence-electron chi connectivity index (χ3n) is 2.66. The number of amides is 1. The lowest BCUT2D eigenvalue weighted by Crippen LogP contribution is -2.09. The van der Waals surface area contributed by atoms with Crippen LogP contribution in [0, 0.1) is 13.8 Å². The minimum Gasteiger partial charge on any atom is -0.339 e. The minimum atomic E-state index is -0.100. The fraction of sp³-hybridized carbons (Fsp3) is 0.154. The first-order chi connectivity index (χ1) is 9.63. The Balaban J connectivity index is 1.84. The number of hydrogen-bond acceptors (Lipinski definition) is 6. The number of thiophene rings is 2. The van der Waals surface area contributed by atoms with E-state index in [0.29, 0.717) is 16.6 Å². The molecule has 0 saturated heterocycles. The van der Waals surface area contributed by atoms with Gasteiger partial charge in [0.1, 0.15) is 0 Å². The summed E-state index contributed by atoms with van der Waals surface area (Å²) in [6.07, 6.45) is 0. The lowest BCUT2D eigenvalue weighted by Gasteiger charge is -2.01. The molecule has 0 fully saturated rings. The number of anilines is 1. The summed E-state index contributed by atoms with van der Waals surface area (Å²) in [7, 11) is 0. The van der Waals surface area contributed by atoms with Crippen LogP contribution in [-0.2, 0) is 0 Å². The van der Waals surface area contributed by atoms with Crippen LogP contribution in [0.15, 0.2) is 28.1 Å².